The van der Waals surface area contributed by atoms with Gasteiger partial charge in [0.15, 0.2) is 0 Å². The number of sulfonamides is 1. The Hall–Kier alpha value is -2.38. The molecule has 0 radical (unpaired) electrons. The van der Waals surface area contributed by atoms with Crippen LogP contribution < -0.4 is 10.0 Å². The highest BCUT2D eigenvalue weighted by atomic mass is 32.2. The molecule has 1 fully saturated rings. The Kier molecular flexibility index (Phi) is 6.59. The molecule has 1 heterocycles. The van der Waals surface area contributed by atoms with Crippen molar-refractivity contribution in [2.75, 3.05) is 24.4 Å². The predicted octanol–water partition coefficient (Wildman–Crippen LogP) is 3.32. The van der Waals surface area contributed by atoms with Crippen LogP contribution in [0.5, 0.6) is 0 Å². The lowest BCUT2D eigenvalue weighted by Gasteiger charge is -2.22. The molecule has 3 rings (SSSR count). The topological polar surface area (TPSA) is 78.5 Å². The number of likely N-dealkylation sites (N-methyl/N-ethyl adjacent to an activating group) is 1. The Labute approximate surface area is 173 Å². The molecule has 2 N–H and O–H groups in total. The van der Waals surface area contributed by atoms with Crippen molar-refractivity contribution in [3.8, 4) is 0 Å². The van der Waals surface area contributed by atoms with Crippen molar-refractivity contribution < 1.29 is 13.2 Å². The lowest BCUT2D eigenvalue weighted by molar-refractivity contribution is 0.0941. The largest absolute Gasteiger partial charge is 0.350 e. The zero-order chi connectivity index (χ0) is 21.0. The smallest absolute Gasteiger partial charge is 0.261 e. The summed E-state index contributed by atoms with van der Waals surface area (Å²) in [6.07, 6.45) is 2.25. The van der Waals surface area contributed by atoms with Crippen LogP contribution in [0.15, 0.2) is 47.4 Å². The van der Waals surface area contributed by atoms with Crippen molar-refractivity contribution in [2.24, 2.45) is 0 Å². The summed E-state index contributed by atoms with van der Waals surface area (Å²) >= 11 is 0. The highest BCUT2D eigenvalue weighted by Crippen LogP contribution is 2.22. The second-order valence-corrected chi connectivity index (χ2v) is 9.19. The van der Waals surface area contributed by atoms with Gasteiger partial charge in [-0.15, -0.1) is 0 Å². The van der Waals surface area contributed by atoms with Gasteiger partial charge in [-0.2, -0.15) is 0 Å². The molecule has 156 valence electrons. The van der Waals surface area contributed by atoms with Crippen molar-refractivity contribution in [3.05, 3.63) is 59.2 Å². The molecule has 1 atom stereocenters. The van der Waals surface area contributed by atoms with Gasteiger partial charge in [-0.25, -0.2) is 8.42 Å². The maximum absolute atomic E-state index is 12.7. The Balaban J connectivity index is 1.65. The highest BCUT2D eigenvalue weighted by molar-refractivity contribution is 7.92. The van der Waals surface area contributed by atoms with Crippen LogP contribution in [0.1, 0.15) is 41.3 Å². The van der Waals surface area contributed by atoms with Crippen molar-refractivity contribution in [1.82, 2.24) is 10.2 Å². The first-order valence-electron chi connectivity index (χ1n) is 10.0. The number of amides is 1. The number of carbonyl (C=O) groups excluding carboxylic acids is 1. The maximum Gasteiger partial charge on any atom is 0.261 e. The third kappa shape index (κ3) is 4.97. The van der Waals surface area contributed by atoms with E-state index in [4.69, 9.17) is 0 Å². The fourth-order valence-corrected chi connectivity index (χ4v) is 4.83. The molecular formula is C22H29N3O3S. The van der Waals surface area contributed by atoms with E-state index < -0.39 is 10.0 Å². The maximum atomic E-state index is 12.7. The zero-order valence-electron chi connectivity index (χ0n) is 17.2. The number of hydrogen-bond donors (Lipinski definition) is 2. The fraction of sp³-hybridized carbons (Fsp3) is 0.409. The number of benzene rings is 2. The Morgan fingerprint density at radius 3 is 2.55 bits per heavy atom. The normalized spacial score (nSPS) is 17.3. The highest BCUT2D eigenvalue weighted by Gasteiger charge is 2.23. The minimum absolute atomic E-state index is 0.128. The zero-order valence-corrected chi connectivity index (χ0v) is 18.1. The van der Waals surface area contributed by atoms with E-state index in [1.54, 1.807) is 18.2 Å². The van der Waals surface area contributed by atoms with Crippen molar-refractivity contribution in [3.63, 3.8) is 0 Å². The van der Waals surface area contributed by atoms with Crippen LogP contribution in [0.4, 0.5) is 5.69 Å². The second kappa shape index (κ2) is 8.97. The van der Waals surface area contributed by atoms with E-state index >= 15 is 0 Å². The van der Waals surface area contributed by atoms with Gasteiger partial charge in [0.05, 0.1) is 10.6 Å². The van der Waals surface area contributed by atoms with E-state index in [-0.39, 0.29) is 10.8 Å². The standard InChI is InChI=1S/C22H29N3O3S/c1-4-25-14-6-8-19(25)15-23-22(26)18-10-12-20(13-11-18)29(27,28)24-21-9-5-7-16(2)17(21)3/h5,7,9-13,19,24H,4,6,8,14-15H2,1-3H3,(H,23,26)/t19-/m0/s1. The summed E-state index contributed by atoms with van der Waals surface area (Å²) in [5, 5.41) is 2.97. The van der Waals surface area contributed by atoms with E-state index in [0.717, 1.165) is 37.1 Å². The Morgan fingerprint density at radius 1 is 1.14 bits per heavy atom. The SMILES string of the molecule is CCN1CCC[C@H]1CNC(=O)c1ccc(S(=O)(=O)Nc2cccc(C)c2C)cc1. The number of anilines is 1. The molecule has 29 heavy (non-hydrogen) atoms. The van der Waals surface area contributed by atoms with Gasteiger partial charge in [0.1, 0.15) is 0 Å². The summed E-state index contributed by atoms with van der Waals surface area (Å²) in [4.78, 5) is 14.9. The Bertz CT molecular complexity index is 971. The van der Waals surface area contributed by atoms with Crippen LogP contribution in [-0.4, -0.2) is 44.9 Å². The summed E-state index contributed by atoms with van der Waals surface area (Å²) in [5.74, 6) is -0.181. The van der Waals surface area contributed by atoms with Gasteiger partial charge in [0.2, 0.25) is 0 Å². The van der Waals surface area contributed by atoms with Gasteiger partial charge in [0, 0.05) is 18.2 Å². The molecule has 1 aliphatic heterocycles. The van der Waals surface area contributed by atoms with Crippen molar-refractivity contribution >= 4 is 21.6 Å². The van der Waals surface area contributed by atoms with Crippen LogP contribution in [0.3, 0.4) is 0 Å². The molecule has 0 spiro atoms. The molecule has 0 aromatic heterocycles. The third-order valence-electron chi connectivity index (χ3n) is 5.68. The molecule has 0 bridgehead atoms. The minimum atomic E-state index is -3.72. The predicted molar refractivity (Wildman–Crippen MR) is 116 cm³/mol. The fourth-order valence-electron chi connectivity index (χ4n) is 3.71. The minimum Gasteiger partial charge on any atom is -0.350 e. The number of likely N-dealkylation sites (tertiary alicyclic amines) is 1. The Morgan fingerprint density at radius 2 is 1.86 bits per heavy atom. The first-order valence-corrected chi connectivity index (χ1v) is 11.5. The van der Waals surface area contributed by atoms with E-state index in [9.17, 15) is 13.2 Å². The average molecular weight is 416 g/mol. The van der Waals surface area contributed by atoms with E-state index in [1.165, 1.54) is 12.1 Å². The van der Waals surface area contributed by atoms with Gasteiger partial charge in [0.25, 0.3) is 15.9 Å². The van der Waals surface area contributed by atoms with Crippen LogP contribution in [0, 0.1) is 13.8 Å². The molecule has 6 nitrogen and oxygen atoms in total. The molecule has 2 aromatic carbocycles. The van der Waals surface area contributed by atoms with Crippen LogP contribution >= 0.6 is 0 Å². The summed E-state index contributed by atoms with van der Waals surface area (Å²) in [6, 6.07) is 11.9. The van der Waals surface area contributed by atoms with Gasteiger partial charge in [-0.1, -0.05) is 19.1 Å². The molecule has 2 aromatic rings. The monoisotopic (exact) mass is 415 g/mol. The molecule has 1 aliphatic rings. The lowest BCUT2D eigenvalue weighted by Crippen LogP contribution is -2.40. The first-order chi connectivity index (χ1) is 13.8. The van der Waals surface area contributed by atoms with Gasteiger partial charge >= 0.3 is 0 Å². The van der Waals surface area contributed by atoms with Crippen LogP contribution in [0.25, 0.3) is 0 Å². The number of carbonyl (C=O) groups is 1. The first kappa shape index (κ1) is 21.3. The molecule has 0 aliphatic carbocycles. The van der Waals surface area contributed by atoms with Crippen molar-refractivity contribution in [1.29, 1.82) is 0 Å². The number of rotatable bonds is 7. The van der Waals surface area contributed by atoms with E-state index in [1.807, 2.05) is 26.0 Å². The second-order valence-electron chi connectivity index (χ2n) is 7.51. The van der Waals surface area contributed by atoms with E-state index in [0.29, 0.717) is 23.8 Å². The number of nitrogens with one attached hydrogen (secondary N) is 2. The quantitative estimate of drug-likeness (QED) is 0.727. The number of nitrogens with zero attached hydrogens (tertiary/aromatic N) is 1. The summed E-state index contributed by atoms with van der Waals surface area (Å²) in [5.41, 5.74) is 2.92. The average Bonchev–Trinajstić information content (AvgIpc) is 3.17. The lowest BCUT2D eigenvalue weighted by atomic mass is 10.1. The summed E-state index contributed by atoms with van der Waals surface area (Å²) in [6.45, 7) is 8.63. The molecule has 1 saturated heterocycles. The van der Waals surface area contributed by atoms with Crippen LogP contribution in [0.2, 0.25) is 0 Å². The van der Waals surface area contributed by atoms with Gasteiger partial charge in [-0.3, -0.25) is 14.4 Å². The van der Waals surface area contributed by atoms with E-state index in [2.05, 4.69) is 21.9 Å². The molecule has 1 amide bonds. The number of hydrogen-bond acceptors (Lipinski definition) is 4. The third-order valence-corrected chi connectivity index (χ3v) is 7.06. The molecular weight excluding hydrogens is 386 g/mol. The van der Waals surface area contributed by atoms with Gasteiger partial charge in [-0.05, 0) is 81.2 Å². The molecule has 0 saturated carbocycles. The van der Waals surface area contributed by atoms with Crippen LogP contribution in [-0.2, 0) is 10.0 Å². The van der Waals surface area contributed by atoms with Gasteiger partial charge < -0.3 is 5.32 Å². The summed E-state index contributed by atoms with van der Waals surface area (Å²) in [7, 11) is -3.72. The molecule has 0 unspecified atom stereocenters. The molecule has 7 heteroatoms. The summed E-state index contributed by atoms with van der Waals surface area (Å²) < 4.78 is 28.0. The van der Waals surface area contributed by atoms with Crippen molar-refractivity contribution in [2.45, 2.75) is 44.6 Å². The number of aryl methyl sites for hydroxylation is 1.